The van der Waals surface area contributed by atoms with E-state index in [0.717, 1.165) is 11.1 Å². The summed E-state index contributed by atoms with van der Waals surface area (Å²) in [6.45, 7) is -0.187. The van der Waals surface area contributed by atoms with Gasteiger partial charge in [-0.05, 0) is 42.0 Å². The molecular weight excluding hydrogens is 490 g/mol. The Morgan fingerprint density at radius 1 is 1.00 bits per heavy atom. The number of aromatic nitrogens is 4. The predicted octanol–water partition coefficient (Wildman–Crippen LogP) is 5.91. The maximum Gasteiger partial charge on any atom is 0.276 e. The minimum Gasteiger partial charge on any atom is -0.456 e. The van der Waals surface area contributed by atoms with Crippen LogP contribution >= 0.6 is 0 Å². The fourth-order valence-electron chi connectivity index (χ4n) is 4.41. The van der Waals surface area contributed by atoms with Gasteiger partial charge in [-0.3, -0.25) is 14.9 Å². The molecule has 10 heteroatoms. The lowest BCUT2D eigenvalue weighted by molar-refractivity contribution is 0.0256. The van der Waals surface area contributed by atoms with Gasteiger partial charge < -0.3 is 15.0 Å². The molecule has 4 heterocycles. The molecule has 0 radical (unpaired) electrons. The fourth-order valence-corrected chi connectivity index (χ4v) is 4.41. The van der Waals surface area contributed by atoms with Crippen molar-refractivity contribution in [3.63, 3.8) is 0 Å². The van der Waals surface area contributed by atoms with Gasteiger partial charge in [-0.15, -0.1) is 0 Å². The second-order valence-corrected chi connectivity index (χ2v) is 9.04. The number of pyridine rings is 2. The molecule has 3 aromatic heterocycles. The van der Waals surface area contributed by atoms with Gasteiger partial charge in [0.05, 0.1) is 18.3 Å². The van der Waals surface area contributed by atoms with Gasteiger partial charge in [0.2, 0.25) is 0 Å². The third-order valence-corrected chi connectivity index (χ3v) is 6.30. The second-order valence-electron chi connectivity index (χ2n) is 9.04. The highest BCUT2D eigenvalue weighted by molar-refractivity contribution is 6.11. The van der Waals surface area contributed by atoms with Crippen molar-refractivity contribution in [2.75, 3.05) is 23.3 Å². The van der Waals surface area contributed by atoms with Gasteiger partial charge in [-0.25, -0.2) is 13.8 Å². The Bertz CT molecular complexity index is 1620. The average molecular weight is 513 g/mol. The molecule has 0 saturated carbocycles. The van der Waals surface area contributed by atoms with E-state index in [1.165, 1.54) is 11.1 Å². The molecule has 6 rings (SSSR count). The molecule has 1 aliphatic heterocycles. The van der Waals surface area contributed by atoms with Crippen LogP contribution in [0.15, 0.2) is 85.3 Å². The molecule has 2 N–H and O–H groups in total. The Balaban J connectivity index is 1.24. The molecule has 0 unspecified atom stereocenters. The summed E-state index contributed by atoms with van der Waals surface area (Å²) in [6.07, 6.45) is 4.63. The monoisotopic (exact) mass is 512 g/mol. The van der Waals surface area contributed by atoms with Crippen LogP contribution in [-0.2, 0) is 0 Å². The number of anilines is 2. The van der Waals surface area contributed by atoms with Crippen LogP contribution in [0.2, 0.25) is 0 Å². The molecule has 38 heavy (non-hydrogen) atoms. The molecule has 1 saturated heterocycles. The Kier molecular flexibility index (Phi) is 5.91. The van der Waals surface area contributed by atoms with Crippen LogP contribution < -0.4 is 15.0 Å². The summed E-state index contributed by atoms with van der Waals surface area (Å²) in [4.78, 5) is 23.2. The number of amides is 1. The molecule has 2 aromatic carbocycles. The van der Waals surface area contributed by atoms with Crippen molar-refractivity contribution in [3.05, 3.63) is 91.0 Å². The van der Waals surface area contributed by atoms with E-state index in [1.807, 2.05) is 54.6 Å². The zero-order valence-electron chi connectivity index (χ0n) is 20.1. The van der Waals surface area contributed by atoms with Gasteiger partial charge in [0.1, 0.15) is 17.3 Å². The number of carbonyl (C=O) groups is 1. The van der Waals surface area contributed by atoms with Crippen molar-refractivity contribution in [3.8, 4) is 22.6 Å². The van der Waals surface area contributed by atoms with E-state index >= 15 is 0 Å². The number of rotatable bonds is 6. The van der Waals surface area contributed by atoms with Crippen molar-refractivity contribution in [2.45, 2.75) is 12.3 Å². The number of para-hydroxylation sites is 1. The van der Waals surface area contributed by atoms with Crippen molar-refractivity contribution in [1.29, 1.82) is 0 Å². The Morgan fingerprint density at radius 2 is 1.87 bits per heavy atom. The van der Waals surface area contributed by atoms with Crippen molar-refractivity contribution in [1.82, 2.24) is 20.2 Å². The van der Waals surface area contributed by atoms with Crippen LogP contribution in [0.5, 0.6) is 11.5 Å². The first-order chi connectivity index (χ1) is 18.4. The van der Waals surface area contributed by atoms with Crippen LogP contribution in [0.4, 0.5) is 20.3 Å². The topological polar surface area (TPSA) is 96.0 Å². The summed E-state index contributed by atoms with van der Waals surface area (Å²) in [5, 5.41) is 10.5. The van der Waals surface area contributed by atoms with Crippen LogP contribution in [0.3, 0.4) is 0 Å². The Morgan fingerprint density at radius 3 is 2.68 bits per heavy atom. The lowest BCUT2D eigenvalue weighted by atomic mass is 10.0. The van der Waals surface area contributed by atoms with Gasteiger partial charge in [-0.2, -0.15) is 5.10 Å². The van der Waals surface area contributed by atoms with Crippen molar-refractivity contribution in [2.24, 2.45) is 0 Å². The Hall–Kier alpha value is -4.86. The lowest BCUT2D eigenvalue weighted by Crippen LogP contribution is -2.25. The van der Waals surface area contributed by atoms with Gasteiger partial charge in [0, 0.05) is 48.1 Å². The van der Waals surface area contributed by atoms with Gasteiger partial charge in [0.15, 0.2) is 5.69 Å². The van der Waals surface area contributed by atoms with Gasteiger partial charge >= 0.3 is 0 Å². The molecule has 5 aromatic rings. The van der Waals surface area contributed by atoms with E-state index in [-0.39, 0.29) is 18.7 Å². The second kappa shape index (κ2) is 9.55. The Labute approximate surface area is 216 Å². The quantitative estimate of drug-likeness (QED) is 0.294. The van der Waals surface area contributed by atoms with E-state index in [2.05, 4.69) is 25.5 Å². The minimum atomic E-state index is -2.74. The number of H-pyrrole nitrogens is 1. The van der Waals surface area contributed by atoms with Crippen molar-refractivity contribution < 1.29 is 18.3 Å². The highest BCUT2D eigenvalue weighted by Crippen LogP contribution is 2.32. The number of alkyl halides is 2. The number of carbonyl (C=O) groups excluding carboxylic acids is 1. The number of hydrogen-bond acceptors (Lipinski definition) is 6. The van der Waals surface area contributed by atoms with Crippen LogP contribution in [0, 0.1) is 0 Å². The highest BCUT2D eigenvalue weighted by Gasteiger charge is 2.38. The van der Waals surface area contributed by atoms with E-state index in [4.69, 9.17) is 4.74 Å². The zero-order chi connectivity index (χ0) is 26.1. The molecule has 190 valence electrons. The third-order valence-electron chi connectivity index (χ3n) is 6.30. The molecule has 1 amide bonds. The first-order valence-electron chi connectivity index (χ1n) is 12.0. The molecule has 1 aliphatic rings. The number of nitrogens with one attached hydrogen (secondary N) is 2. The fraction of sp³-hybridized carbons (Fsp3) is 0.143. The summed E-state index contributed by atoms with van der Waals surface area (Å²) in [6, 6.07) is 20.1. The normalized spacial score (nSPS) is 14.5. The molecule has 8 nitrogen and oxygen atoms in total. The first kappa shape index (κ1) is 23.5. The smallest absolute Gasteiger partial charge is 0.276 e. The number of ether oxygens (including phenoxy) is 1. The summed E-state index contributed by atoms with van der Waals surface area (Å²) < 4.78 is 33.2. The molecule has 1 fully saturated rings. The SMILES string of the molecule is O=C(Nc1ccnc(N2CCC(F)(F)C2)c1)c1n[nH]c2ccc(-c3cncc(Oc4ccccc4)c3)cc12. The molecule has 0 aliphatic carbocycles. The maximum atomic E-state index is 13.6. The largest absolute Gasteiger partial charge is 0.456 e. The molecular formula is C28H22F2N6O2. The van der Waals surface area contributed by atoms with Crippen LogP contribution in [0.1, 0.15) is 16.9 Å². The summed E-state index contributed by atoms with van der Waals surface area (Å²) in [7, 11) is 0. The number of halogens is 2. The third kappa shape index (κ3) is 4.88. The molecule has 0 atom stereocenters. The average Bonchev–Trinajstić information content (AvgIpc) is 3.52. The van der Waals surface area contributed by atoms with E-state index in [0.29, 0.717) is 33.9 Å². The number of fused-ring (bicyclic) bond motifs is 1. The summed E-state index contributed by atoms with van der Waals surface area (Å²) in [5.41, 5.74) is 2.99. The summed E-state index contributed by atoms with van der Waals surface area (Å²) >= 11 is 0. The van der Waals surface area contributed by atoms with Crippen LogP contribution in [0.25, 0.3) is 22.0 Å². The van der Waals surface area contributed by atoms with Crippen molar-refractivity contribution >= 4 is 28.3 Å². The van der Waals surface area contributed by atoms with Gasteiger partial charge in [0.25, 0.3) is 11.8 Å². The number of aromatic amines is 1. The molecule has 0 spiro atoms. The van der Waals surface area contributed by atoms with Gasteiger partial charge in [-0.1, -0.05) is 24.3 Å². The predicted molar refractivity (Wildman–Crippen MR) is 140 cm³/mol. The molecule has 0 bridgehead atoms. The first-order valence-corrected chi connectivity index (χ1v) is 12.0. The maximum absolute atomic E-state index is 13.6. The van der Waals surface area contributed by atoms with E-state index < -0.39 is 18.4 Å². The highest BCUT2D eigenvalue weighted by atomic mass is 19.3. The minimum absolute atomic E-state index is 0.205. The standard InChI is InChI=1S/C28H22F2N6O2/c29-28(30)9-11-36(17-28)25-14-20(8-10-32-25)33-27(37)26-23-13-18(6-7-24(23)34-35-26)19-12-22(16-31-15-19)38-21-4-2-1-3-5-21/h1-8,10,12-16H,9,11,17H2,(H,34,35)(H,32,33,37). The van der Waals surface area contributed by atoms with Crippen LogP contribution in [-0.4, -0.2) is 45.1 Å². The van der Waals surface area contributed by atoms with E-state index in [1.54, 1.807) is 24.5 Å². The number of hydrogen-bond donors (Lipinski definition) is 2. The summed E-state index contributed by atoms with van der Waals surface area (Å²) in [5.74, 6) is -1.50. The number of nitrogens with zero attached hydrogens (tertiary/aromatic N) is 4. The zero-order valence-corrected chi connectivity index (χ0v) is 20.1. The lowest BCUT2D eigenvalue weighted by Gasteiger charge is -2.17. The number of benzene rings is 2. The van der Waals surface area contributed by atoms with E-state index in [9.17, 15) is 13.6 Å².